The number of carbonyl (C=O) groups is 2. The Morgan fingerprint density at radius 3 is 2.24 bits per heavy atom. The maximum absolute atomic E-state index is 13.5. The van der Waals surface area contributed by atoms with Crippen molar-refractivity contribution in [3.63, 3.8) is 0 Å². The fraction of sp³-hybridized carbons (Fsp3) is 0.385. The zero-order chi connectivity index (χ0) is 24.0. The summed E-state index contributed by atoms with van der Waals surface area (Å²) in [4.78, 5) is 28.8. The molecular weight excluding hydrogens is 420 g/mol. The number of rotatable bonds is 10. The fourth-order valence-electron chi connectivity index (χ4n) is 3.91. The second kappa shape index (κ2) is 11.0. The third kappa shape index (κ3) is 5.54. The molecule has 2 aromatic carbocycles. The lowest BCUT2D eigenvalue weighted by Gasteiger charge is -2.27. The molecule has 0 aliphatic carbocycles. The largest absolute Gasteiger partial charge is 0.872 e. The first kappa shape index (κ1) is 24.3. The third-order valence-corrected chi connectivity index (χ3v) is 5.63. The summed E-state index contributed by atoms with van der Waals surface area (Å²) in [7, 11) is 5.64. The van der Waals surface area contributed by atoms with E-state index >= 15 is 0 Å². The Labute approximate surface area is 195 Å². The summed E-state index contributed by atoms with van der Waals surface area (Å²) in [6, 6.07) is 13.1. The van der Waals surface area contributed by atoms with Crippen molar-refractivity contribution >= 4 is 17.4 Å². The Morgan fingerprint density at radius 2 is 1.67 bits per heavy atom. The van der Waals surface area contributed by atoms with Crippen LogP contribution < -0.4 is 19.5 Å². The van der Waals surface area contributed by atoms with Gasteiger partial charge in [0.1, 0.15) is 11.5 Å². The molecule has 0 saturated carbocycles. The van der Waals surface area contributed by atoms with Gasteiger partial charge in [-0.3, -0.25) is 9.59 Å². The highest BCUT2D eigenvalue weighted by molar-refractivity contribution is 6.46. The highest BCUT2D eigenvalue weighted by Gasteiger charge is 2.43. The molecule has 3 rings (SSSR count). The molecule has 0 aromatic heterocycles. The number of ether oxygens (including phenoxy) is 2. The average Bonchev–Trinajstić information content (AvgIpc) is 3.07. The van der Waals surface area contributed by atoms with Gasteiger partial charge in [0.2, 0.25) is 5.78 Å². The Morgan fingerprint density at radius 1 is 1.03 bits per heavy atom. The Bertz CT molecular complexity index is 996. The first-order chi connectivity index (χ1) is 15.9. The quantitative estimate of drug-likeness (QED) is 0.333. The van der Waals surface area contributed by atoms with Gasteiger partial charge in [-0.1, -0.05) is 36.9 Å². The van der Waals surface area contributed by atoms with Gasteiger partial charge in [0.05, 0.1) is 40.4 Å². The number of quaternary nitrogens is 1. The molecule has 33 heavy (non-hydrogen) atoms. The molecule has 7 heteroatoms. The van der Waals surface area contributed by atoms with Gasteiger partial charge in [0, 0.05) is 18.5 Å². The minimum Gasteiger partial charge on any atom is -0.872 e. The SMILES string of the molecule is CCCOc1ccc(C([O-])=C2C(=O)C(=O)N(CCC[NH+](C)C)C2c2ccc(OC)cc2)cc1. The van der Waals surface area contributed by atoms with Crippen LogP contribution in [0.4, 0.5) is 0 Å². The number of carbonyl (C=O) groups excluding carboxylic acids is 2. The highest BCUT2D eigenvalue weighted by Crippen LogP contribution is 2.39. The number of nitrogens with one attached hydrogen (secondary N) is 1. The molecule has 7 nitrogen and oxygen atoms in total. The van der Waals surface area contributed by atoms with Crippen LogP contribution in [0.3, 0.4) is 0 Å². The van der Waals surface area contributed by atoms with Crippen LogP contribution in [-0.4, -0.2) is 57.5 Å². The van der Waals surface area contributed by atoms with Gasteiger partial charge in [-0.2, -0.15) is 0 Å². The number of likely N-dealkylation sites (tertiary alicyclic amines) is 1. The van der Waals surface area contributed by atoms with E-state index in [1.807, 2.05) is 21.0 Å². The number of hydrogen-bond donors (Lipinski definition) is 1. The number of benzene rings is 2. The molecule has 1 amide bonds. The Hall–Kier alpha value is -3.32. The maximum Gasteiger partial charge on any atom is 0.295 e. The molecule has 1 atom stereocenters. The molecule has 2 aromatic rings. The first-order valence-corrected chi connectivity index (χ1v) is 11.3. The van der Waals surface area contributed by atoms with Crippen LogP contribution in [0.1, 0.15) is 36.9 Å². The lowest BCUT2D eigenvalue weighted by atomic mass is 9.95. The van der Waals surface area contributed by atoms with Crippen LogP contribution in [-0.2, 0) is 9.59 Å². The lowest BCUT2D eigenvalue weighted by Crippen LogP contribution is -3.05. The van der Waals surface area contributed by atoms with E-state index in [1.165, 1.54) is 9.80 Å². The maximum atomic E-state index is 13.5. The van der Waals surface area contributed by atoms with Crippen LogP contribution in [0.15, 0.2) is 54.1 Å². The van der Waals surface area contributed by atoms with E-state index in [2.05, 4.69) is 0 Å². The summed E-state index contributed by atoms with van der Waals surface area (Å²) in [5.41, 5.74) is 1.05. The summed E-state index contributed by atoms with van der Waals surface area (Å²) in [5, 5.41) is 13.5. The van der Waals surface area contributed by atoms with Crippen LogP contribution in [0.5, 0.6) is 11.5 Å². The molecule has 1 aliphatic heterocycles. The molecule has 1 fully saturated rings. The van der Waals surface area contributed by atoms with Gasteiger partial charge in [-0.15, -0.1) is 0 Å². The molecule has 1 saturated heterocycles. The number of Topliss-reactive ketones (excluding diaryl/α,β-unsaturated/α-hetero) is 1. The average molecular weight is 453 g/mol. The molecule has 1 N–H and O–H groups in total. The van der Waals surface area contributed by atoms with Crippen LogP contribution >= 0.6 is 0 Å². The standard InChI is InChI=1S/C26H32N2O5/c1-5-17-33-21-13-9-19(10-14-21)24(29)22-23(18-7-11-20(32-4)12-8-18)28(26(31)25(22)30)16-6-15-27(2)3/h7-14,23,29H,5-6,15-17H2,1-4H3. The van der Waals surface area contributed by atoms with Crippen molar-refractivity contribution in [1.82, 2.24) is 4.90 Å². The molecular formula is C26H32N2O5. The summed E-state index contributed by atoms with van der Waals surface area (Å²) in [6.07, 6.45) is 1.60. The summed E-state index contributed by atoms with van der Waals surface area (Å²) >= 11 is 0. The summed E-state index contributed by atoms with van der Waals surface area (Å²) in [6.45, 7) is 3.84. The van der Waals surface area contributed by atoms with E-state index in [0.717, 1.165) is 19.4 Å². The van der Waals surface area contributed by atoms with E-state index in [1.54, 1.807) is 55.6 Å². The van der Waals surface area contributed by atoms with Gasteiger partial charge in [0.25, 0.3) is 5.91 Å². The molecule has 1 heterocycles. The molecule has 0 spiro atoms. The van der Waals surface area contributed by atoms with E-state index in [4.69, 9.17) is 9.47 Å². The van der Waals surface area contributed by atoms with E-state index < -0.39 is 23.5 Å². The van der Waals surface area contributed by atoms with E-state index in [9.17, 15) is 14.7 Å². The van der Waals surface area contributed by atoms with Crippen molar-refractivity contribution in [2.45, 2.75) is 25.8 Å². The van der Waals surface area contributed by atoms with Gasteiger partial charge < -0.3 is 24.4 Å². The number of ketones is 1. The van der Waals surface area contributed by atoms with Gasteiger partial charge in [0.15, 0.2) is 0 Å². The normalized spacial score (nSPS) is 17.6. The minimum atomic E-state index is -0.732. The van der Waals surface area contributed by atoms with Crippen LogP contribution in [0.2, 0.25) is 0 Å². The topological polar surface area (TPSA) is 83.3 Å². The van der Waals surface area contributed by atoms with Gasteiger partial charge >= 0.3 is 0 Å². The molecule has 0 bridgehead atoms. The lowest BCUT2D eigenvalue weighted by molar-refractivity contribution is -0.858. The Balaban J connectivity index is 2.01. The second-order valence-electron chi connectivity index (χ2n) is 8.43. The highest BCUT2D eigenvalue weighted by atomic mass is 16.5. The number of amides is 1. The third-order valence-electron chi connectivity index (χ3n) is 5.63. The summed E-state index contributed by atoms with van der Waals surface area (Å²) < 4.78 is 10.8. The number of hydrogen-bond acceptors (Lipinski definition) is 5. The van der Waals surface area contributed by atoms with E-state index in [0.29, 0.717) is 35.8 Å². The first-order valence-electron chi connectivity index (χ1n) is 11.3. The van der Waals surface area contributed by atoms with Crippen molar-refractivity contribution in [2.75, 3.05) is 40.9 Å². The molecule has 1 aliphatic rings. The van der Waals surface area contributed by atoms with Crippen molar-refractivity contribution in [3.05, 3.63) is 65.2 Å². The predicted octanol–water partition coefficient (Wildman–Crippen LogP) is 1.24. The summed E-state index contributed by atoms with van der Waals surface area (Å²) in [5.74, 6) is -0.475. The minimum absolute atomic E-state index is 0.00964. The number of methoxy groups -OCH3 is 1. The van der Waals surface area contributed by atoms with Crippen molar-refractivity contribution in [1.29, 1.82) is 0 Å². The zero-order valence-corrected chi connectivity index (χ0v) is 19.7. The van der Waals surface area contributed by atoms with Gasteiger partial charge in [-0.25, -0.2) is 0 Å². The fourth-order valence-corrected chi connectivity index (χ4v) is 3.91. The number of nitrogens with zero attached hydrogens (tertiary/aromatic N) is 1. The molecule has 1 unspecified atom stereocenters. The molecule has 176 valence electrons. The van der Waals surface area contributed by atoms with Crippen LogP contribution in [0, 0.1) is 0 Å². The van der Waals surface area contributed by atoms with E-state index in [-0.39, 0.29) is 5.57 Å². The van der Waals surface area contributed by atoms with Crippen molar-refractivity contribution in [2.24, 2.45) is 0 Å². The van der Waals surface area contributed by atoms with Crippen LogP contribution in [0.25, 0.3) is 5.76 Å². The zero-order valence-electron chi connectivity index (χ0n) is 19.7. The second-order valence-corrected chi connectivity index (χ2v) is 8.43. The molecule has 0 radical (unpaired) electrons. The van der Waals surface area contributed by atoms with Crippen molar-refractivity contribution in [3.8, 4) is 11.5 Å². The Kier molecular flexibility index (Phi) is 8.11. The smallest absolute Gasteiger partial charge is 0.295 e. The van der Waals surface area contributed by atoms with Crippen molar-refractivity contribution < 1.29 is 29.1 Å². The van der Waals surface area contributed by atoms with Gasteiger partial charge in [-0.05, 0) is 41.8 Å². The predicted molar refractivity (Wildman–Crippen MR) is 124 cm³/mol. The monoisotopic (exact) mass is 452 g/mol.